The maximum absolute atomic E-state index is 12.4. The van der Waals surface area contributed by atoms with Crippen LogP contribution in [0.25, 0.3) is 0 Å². The van der Waals surface area contributed by atoms with Gasteiger partial charge in [0.2, 0.25) is 15.9 Å². The Morgan fingerprint density at radius 1 is 1.50 bits per heavy atom. The average Bonchev–Trinajstić information content (AvgIpc) is 2.85. The van der Waals surface area contributed by atoms with E-state index >= 15 is 0 Å². The summed E-state index contributed by atoms with van der Waals surface area (Å²) >= 11 is 0. The predicted molar refractivity (Wildman–Crippen MR) is 62.0 cm³/mol. The van der Waals surface area contributed by atoms with Gasteiger partial charge in [0, 0.05) is 13.1 Å². The van der Waals surface area contributed by atoms with Gasteiger partial charge in [-0.25, -0.2) is 8.42 Å². The van der Waals surface area contributed by atoms with Crippen LogP contribution in [0.1, 0.15) is 17.9 Å². The van der Waals surface area contributed by atoms with Crippen molar-refractivity contribution in [3.05, 3.63) is 11.5 Å². The summed E-state index contributed by atoms with van der Waals surface area (Å²) in [5, 5.41) is 3.64. The summed E-state index contributed by atoms with van der Waals surface area (Å²) in [7, 11) is -3.65. The molecule has 1 aliphatic heterocycles. The normalized spacial score (nSPS) is 21.3. The smallest absolute Gasteiger partial charge is 0.248 e. The molecule has 0 bridgehead atoms. The number of sulfonamides is 1. The van der Waals surface area contributed by atoms with Crippen molar-refractivity contribution in [2.24, 2.45) is 11.7 Å². The van der Waals surface area contributed by atoms with Crippen LogP contribution in [-0.2, 0) is 14.8 Å². The minimum Gasteiger partial charge on any atom is -0.369 e. The van der Waals surface area contributed by atoms with E-state index in [0.29, 0.717) is 18.7 Å². The number of hydrogen-bond donors (Lipinski definition) is 1. The highest BCUT2D eigenvalue weighted by Crippen LogP contribution is 2.27. The summed E-state index contributed by atoms with van der Waals surface area (Å²) in [5.74, 6) is -0.623. The molecular weight excluding hydrogens is 258 g/mol. The van der Waals surface area contributed by atoms with E-state index in [2.05, 4.69) is 5.16 Å². The van der Waals surface area contributed by atoms with Crippen LogP contribution in [0.5, 0.6) is 0 Å². The van der Waals surface area contributed by atoms with E-state index in [1.807, 2.05) is 0 Å². The molecule has 2 heterocycles. The largest absolute Gasteiger partial charge is 0.369 e. The molecule has 18 heavy (non-hydrogen) atoms. The van der Waals surface area contributed by atoms with Crippen LogP contribution in [0.15, 0.2) is 9.42 Å². The second-order valence-electron chi connectivity index (χ2n) is 4.40. The highest BCUT2D eigenvalue weighted by atomic mass is 32.2. The van der Waals surface area contributed by atoms with Crippen molar-refractivity contribution in [2.75, 3.05) is 13.1 Å². The van der Waals surface area contributed by atoms with Crippen LogP contribution in [0.3, 0.4) is 0 Å². The fraction of sp³-hybridized carbons (Fsp3) is 0.600. The van der Waals surface area contributed by atoms with E-state index in [4.69, 9.17) is 10.3 Å². The maximum Gasteiger partial charge on any atom is 0.248 e. The van der Waals surface area contributed by atoms with Crippen LogP contribution >= 0.6 is 0 Å². The number of hydrogen-bond acceptors (Lipinski definition) is 5. The summed E-state index contributed by atoms with van der Waals surface area (Å²) in [4.78, 5) is 11.2. The van der Waals surface area contributed by atoms with Gasteiger partial charge >= 0.3 is 0 Å². The zero-order chi connectivity index (χ0) is 13.5. The third kappa shape index (κ3) is 2.01. The minimum atomic E-state index is -3.65. The minimum absolute atomic E-state index is 0.0904. The average molecular weight is 273 g/mol. The van der Waals surface area contributed by atoms with Gasteiger partial charge in [0.15, 0.2) is 5.76 Å². The van der Waals surface area contributed by atoms with Gasteiger partial charge in [-0.15, -0.1) is 0 Å². The van der Waals surface area contributed by atoms with Crippen molar-refractivity contribution in [2.45, 2.75) is 25.2 Å². The molecule has 1 aromatic rings. The molecule has 2 N–H and O–H groups in total. The van der Waals surface area contributed by atoms with E-state index in [1.165, 1.54) is 4.31 Å². The number of nitrogens with zero attached hydrogens (tertiary/aromatic N) is 2. The number of carbonyl (C=O) groups excluding carboxylic acids is 1. The molecule has 1 atom stereocenters. The van der Waals surface area contributed by atoms with Gasteiger partial charge in [-0.2, -0.15) is 4.31 Å². The van der Waals surface area contributed by atoms with Crippen LogP contribution in [0, 0.1) is 19.8 Å². The number of primary amides is 1. The van der Waals surface area contributed by atoms with Crippen LogP contribution in [-0.4, -0.2) is 36.9 Å². The molecule has 100 valence electrons. The second-order valence-corrected chi connectivity index (χ2v) is 6.28. The Morgan fingerprint density at radius 3 is 2.61 bits per heavy atom. The summed E-state index contributed by atoms with van der Waals surface area (Å²) in [6, 6.07) is 0. The van der Waals surface area contributed by atoms with E-state index in [1.54, 1.807) is 13.8 Å². The summed E-state index contributed by atoms with van der Waals surface area (Å²) in [6.07, 6.45) is 0.456. The topological polar surface area (TPSA) is 106 Å². The first-order valence-electron chi connectivity index (χ1n) is 5.56. The van der Waals surface area contributed by atoms with Crippen LogP contribution < -0.4 is 5.73 Å². The molecule has 0 spiro atoms. The van der Waals surface area contributed by atoms with Gasteiger partial charge in [0.1, 0.15) is 10.6 Å². The molecule has 1 amide bonds. The van der Waals surface area contributed by atoms with Crippen molar-refractivity contribution in [1.82, 2.24) is 9.46 Å². The summed E-state index contributed by atoms with van der Waals surface area (Å²) < 4.78 is 30.9. The lowest BCUT2D eigenvalue weighted by atomic mass is 10.1. The Kier molecular flexibility index (Phi) is 3.16. The molecule has 2 rings (SSSR count). The van der Waals surface area contributed by atoms with Gasteiger partial charge in [-0.05, 0) is 20.3 Å². The van der Waals surface area contributed by atoms with Crippen molar-refractivity contribution >= 4 is 15.9 Å². The molecule has 1 unspecified atom stereocenters. The molecule has 1 fully saturated rings. The SMILES string of the molecule is Cc1noc(C)c1S(=O)(=O)N1CCC(C(N)=O)C1. The Hall–Kier alpha value is -1.41. The van der Waals surface area contributed by atoms with E-state index in [-0.39, 0.29) is 17.2 Å². The maximum atomic E-state index is 12.4. The molecule has 7 nitrogen and oxygen atoms in total. The summed E-state index contributed by atoms with van der Waals surface area (Å²) in [6.45, 7) is 3.54. The Morgan fingerprint density at radius 2 is 2.17 bits per heavy atom. The van der Waals surface area contributed by atoms with Gasteiger partial charge in [-0.1, -0.05) is 5.16 Å². The van der Waals surface area contributed by atoms with Gasteiger partial charge in [0.05, 0.1) is 5.92 Å². The monoisotopic (exact) mass is 273 g/mol. The highest BCUT2D eigenvalue weighted by molar-refractivity contribution is 7.89. The number of aromatic nitrogens is 1. The van der Waals surface area contributed by atoms with E-state index < -0.39 is 21.8 Å². The lowest BCUT2D eigenvalue weighted by Gasteiger charge is -2.15. The van der Waals surface area contributed by atoms with Crippen molar-refractivity contribution in [3.8, 4) is 0 Å². The molecule has 0 saturated carbocycles. The Bertz CT molecular complexity index is 558. The first-order valence-corrected chi connectivity index (χ1v) is 7.00. The van der Waals surface area contributed by atoms with Crippen LogP contribution in [0.2, 0.25) is 0 Å². The van der Waals surface area contributed by atoms with Crippen molar-refractivity contribution in [1.29, 1.82) is 0 Å². The quantitative estimate of drug-likeness (QED) is 0.819. The van der Waals surface area contributed by atoms with E-state index in [9.17, 15) is 13.2 Å². The standard InChI is InChI=1S/C10H15N3O4S/c1-6-9(7(2)17-12-6)18(15,16)13-4-3-8(5-13)10(11)14/h8H,3-5H2,1-2H3,(H2,11,14). The third-order valence-electron chi connectivity index (χ3n) is 3.12. The number of carbonyl (C=O) groups is 1. The molecule has 0 aromatic carbocycles. The first kappa shape index (κ1) is 13.0. The van der Waals surface area contributed by atoms with E-state index in [0.717, 1.165) is 0 Å². The number of nitrogens with two attached hydrogens (primary N) is 1. The molecule has 1 saturated heterocycles. The fourth-order valence-corrected chi connectivity index (χ4v) is 3.94. The van der Waals surface area contributed by atoms with Crippen LogP contribution in [0.4, 0.5) is 0 Å². The molecule has 1 aliphatic rings. The molecule has 0 radical (unpaired) electrons. The zero-order valence-electron chi connectivity index (χ0n) is 10.2. The van der Waals surface area contributed by atoms with Crippen molar-refractivity contribution < 1.29 is 17.7 Å². The zero-order valence-corrected chi connectivity index (χ0v) is 11.0. The predicted octanol–water partition coefficient (Wildman–Crippen LogP) is -0.213. The molecule has 0 aliphatic carbocycles. The van der Waals surface area contributed by atoms with Crippen molar-refractivity contribution in [3.63, 3.8) is 0 Å². The lowest BCUT2D eigenvalue weighted by molar-refractivity contribution is -0.121. The Balaban J connectivity index is 2.32. The van der Waals surface area contributed by atoms with Gasteiger partial charge in [-0.3, -0.25) is 4.79 Å². The number of aryl methyl sites for hydroxylation is 2. The highest BCUT2D eigenvalue weighted by Gasteiger charge is 2.37. The molecule has 1 aromatic heterocycles. The Labute approximate surface area is 105 Å². The number of rotatable bonds is 3. The van der Waals surface area contributed by atoms with Gasteiger partial charge < -0.3 is 10.3 Å². The van der Waals surface area contributed by atoms with Gasteiger partial charge in [0.25, 0.3) is 0 Å². The number of amides is 1. The molecular formula is C10H15N3O4S. The third-order valence-corrected chi connectivity index (χ3v) is 5.23. The lowest BCUT2D eigenvalue weighted by Crippen LogP contribution is -2.32. The molecule has 8 heteroatoms. The second kappa shape index (κ2) is 4.36. The fourth-order valence-electron chi connectivity index (χ4n) is 2.15. The summed E-state index contributed by atoms with van der Waals surface area (Å²) in [5.41, 5.74) is 5.52. The first-order chi connectivity index (χ1) is 8.34.